The Balaban J connectivity index is 2.19. The van der Waals surface area contributed by atoms with Crippen molar-refractivity contribution in [2.24, 2.45) is 5.10 Å². The van der Waals surface area contributed by atoms with Crippen molar-refractivity contribution < 1.29 is 27.4 Å². The van der Waals surface area contributed by atoms with E-state index in [0.717, 1.165) is 12.1 Å². The minimum absolute atomic E-state index is 0.442. The summed E-state index contributed by atoms with van der Waals surface area (Å²) in [5, 5.41) is 3.72. The lowest BCUT2D eigenvalue weighted by atomic mass is 10.1. The molecule has 0 atom stereocenters. The predicted octanol–water partition coefficient (Wildman–Crippen LogP) is 4.64. The Bertz CT molecular complexity index is 854. The quantitative estimate of drug-likeness (QED) is 0.521. The summed E-state index contributed by atoms with van der Waals surface area (Å²) < 4.78 is 50.2. The molecule has 0 aliphatic rings. The standard InChI is InChI=1S/C18H16BrF3N2O3/c1-3-27-16-14(19)8-11(9-15(16)26-2)10-23-24-17(25)12-6-4-5-7-13(12)18(20,21)22/h4-10H,3H2,1-2H3,(H,24,25)/b23-10+. The normalized spacial score (nSPS) is 11.5. The van der Waals surface area contributed by atoms with E-state index in [9.17, 15) is 18.0 Å². The number of ether oxygens (including phenoxy) is 2. The summed E-state index contributed by atoms with van der Waals surface area (Å²) >= 11 is 3.35. The molecule has 0 saturated heterocycles. The Labute approximate surface area is 162 Å². The lowest BCUT2D eigenvalue weighted by Crippen LogP contribution is -2.22. The van der Waals surface area contributed by atoms with Gasteiger partial charge in [-0.05, 0) is 52.7 Å². The fraction of sp³-hybridized carbons (Fsp3) is 0.222. The molecule has 0 fully saturated rings. The topological polar surface area (TPSA) is 59.9 Å². The number of halogens is 4. The molecule has 0 aliphatic carbocycles. The van der Waals surface area contributed by atoms with E-state index in [4.69, 9.17) is 9.47 Å². The summed E-state index contributed by atoms with van der Waals surface area (Å²) in [4.78, 5) is 12.1. The van der Waals surface area contributed by atoms with Crippen LogP contribution in [-0.2, 0) is 6.18 Å². The molecule has 0 aromatic heterocycles. The van der Waals surface area contributed by atoms with Crippen LogP contribution in [0.2, 0.25) is 0 Å². The van der Waals surface area contributed by atoms with E-state index in [2.05, 4.69) is 26.5 Å². The van der Waals surface area contributed by atoms with Crippen LogP contribution in [0.15, 0.2) is 46.0 Å². The van der Waals surface area contributed by atoms with Gasteiger partial charge in [-0.2, -0.15) is 18.3 Å². The van der Waals surface area contributed by atoms with E-state index in [-0.39, 0.29) is 0 Å². The van der Waals surface area contributed by atoms with Crippen LogP contribution in [0.3, 0.4) is 0 Å². The minimum Gasteiger partial charge on any atom is -0.493 e. The Morgan fingerprint density at radius 3 is 2.63 bits per heavy atom. The molecule has 1 amide bonds. The number of hydrogen-bond donors (Lipinski definition) is 1. The zero-order valence-electron chi connectivity index (χ0n) is 14.4. The number of carbonyl (C=O) groups excluding carboxylic acids is 1. The Hall–Kier alpha value is -2.55. The molecular formula is C18H16BrF3N2O3. The van der Waals surface area contributed by atoms with Gasteiger partial charge in [0.2, 0.25) is 0 Å². The van der Waals surface area contributed by atoms with Gasteiger partial charge in [0.05, 0.1) is 35.5 Å². The number of hydrogen-bond acceptors (Lipinski definition) is 4. The third kappa shape index (κ3) is 5.22. The Morgan fingerprint density at radius 2 is 2.00 bits per heavy atom. The highest BCUT2D eigenvalue weighted by molar-refractivity contribution is 9.10. The van der Waals surface area contributed by atoms with Gasteiger partial charge in [-0.25, -0.2) is 5.43 Å². The van der Waals surface area contributed by atoms with Gasteiger partial charge >= 0.3 is 6.18 Å². The third-order valence-corrected chi connectivity index (χ3v) is 3.99. The maximum Gasteiger partial charge on any atom is 0.417 e. The molecule has 1 N–H and O–H groups in total. The van der Waals surface area contributed by atoms with Crippen molar-refractivity contribution in [1.29, 1.82) is 0 Å². The van der Waals surface area contributed by atoms with Crippen LogP contribution in [-0.4, -0.2) is 25.8 Å². The molecule has 2 aromatic carbocycles. The predicted molar refractivity (Wildman–Crippen MR) is 98.4 cm³/mol. The number of nitrogens with one attached hydrogen (secondary N) is 1. The van der Waals surface area contributed by atoms with Crippen molar-refractivity contribution in [3.05, 3.63) is 57.6 Å². The van der Waals surface area contributed by atoms with Crippen LogP contribution in [0, 0.1) is 0 Å². The van der Waals surface area contributed by atoms with Crippen molar-refractivity contribution in [1.82, 2.24) is 5.43 Å². The molecule has 0 saturated carbocycles. The van der Waals surface area contributed by atoms with Gasteiger partial charge in [-0.1, -0.05) is 12.1 Å². The van der Waals surface area contributed by atoms with Gasteiger partial charge in [-0.3, -0.25) is 4.79 Å². The van der Waals surface area contributed by atoms with E-state index in [1.54, 1.807) is 12.1 Å². The maximum atomic E-state index is 13.0. The van der Waals surface area contributed by atoms with Gasteiger partial charge in [-0.15, -0.1) is 0 Å². The fourth-order valence-electron chi connectivity index (χ4n) is 2.25. The summed E-state index contributed by atoms with van der Waals surface area (Å²) in [5.41, 5.74) is 1.12. The Morgan fingerprint density at radius 1 is 1.30 bits per heavy atom. The van der Waals surface area contributed by atoms with E-state index in [0.29, 0.717) is 28.1 Å². The van der Waals surface area contributed by atoms with Crippen LogP contribution in [0.1, 0.15) is 28.4 Å². The number of benzene rings is 2. The van der Waals surface area contributed by atoms with Crippen LogP contribution in [0.25, 0.3) is 0 Å². The molecule has 9 heteroatoms. The smallest absolute Gasteiger partial charge is 0.417 e. The van der Waals surface area contributed by atoms with Gasteiger partial charge in [0.1, 0.15) is 0 Å². The van der Waals surface area contributed by atoms with Crippen molar-refractivity contribution in [3.8, 4) is 11.5 Å². The second-order valence-corrected chi connectivity index (χ2v) is 6.06. The molecule has 0 radical (unpaired) electrons. The number of carbonyl (C=O) groups is 1. The molecule has 0 heterocycles. The summed E-state index contributed by atoms with van der Waals surface area (Å²) in [5.74, 6) is -0.00199. The average molecular weight is 445 g/mol. The summed E-state index contributed by atoms with van der Waals surface area (Å²) in [7, 11) is 1.47. The molecule has 2 rings (SSSR count). The maximum absolute atomic E-state index is 13.0. The van der Waals surface area contributed by atoms with Crippen molar-refractivity contribution in [2.45, 2.75) is 13.1 Å². The number of methoxy groups -OCH3 is 1. The highest BCUT2D eigenvalue weighted by Gasteiger charge is 2.34. The molecule has 0 bridgehead atoms. The van der Waals surface area contributed by atoms with Crippen LogP contribution in [0.4, 0.5) is 13.2 Å². The minimum atomic E-state index is -4.63. The number of alkyl halides is 3. The number of rotatable bonds is 6. The lowest BCUT2D eigenvalue weighted by Gasteiger charge is -2.12. The highest BCUT2D eigenvalue weighted by Crippen LogP contribution is 2.36. The number of hydrazone groups is 1. The van der Waals surface area contributed by atoms with E-state index in [1.807, 2.05) is 6.92 Å². The van der Waals surface area contributed by atoms with Gasteiger partial charge in [0.15, 0.2) is 11.5 Å². The molecule has 144 valence electrons. The first kappa shape index (κ1) is 20.8. The molecule has 0 aliphatic heterocycles. The molecule has 2 aromatic rings. The van der Waals surface area contributed by atoms with E-state index in [1.165, 1.54) is 25.5 Å². The Kier molecular flexibility index (Phi) is 6.84. The van der Waals surface area contributed by atoms with Gasteiger partial charge in [0.25, 0.3) is 5.91 Å². The summed E-state index contributed by atoms with van der Waals surface area (Å²) in [6.07, 6.45) is -3.35. The molecular weight excluding hydrogens is 429 g/mol. The largest absolute Gasteiger partial charge is 0.493 e. The second-order valence-electron chi connectivity index (χ2n) is 5.21. The first-order chi connectivity index (χ1) is 12.8. The molecule has 0 spiro atoms. The van der Waals surface area contributed by atoms with Gasteiger partial charge < -0.3 is 9.47 Å². The van der Waals surface area contributed by atoms with E-state index >= 15 is 0 Å². The zero-order chi connectivity index (χ0) is 20.0. The van der Waals surface area contributed by atoms with E-state index < -0.39 is 23.2 Å². The highest BCUT2D eigenvalue weighted by atomic mass is 79.9. The van der Waals surface area contributed by atoms with Crippen LogP contribution < -0.4 is 14.9 Å². The van der Waals surface area contributed by atoms with Crippen molar-refractivity contribution in [2.75, 3.05) is 13.7 Å². The molecule has 0 unspecified atom stereocenters. The first-order valence-corrected chi connectivity index (χ1v) is 8.57. The number of amides is 1. The number of nitrogens with zero attached hydrogens (tertiary/aromatic N) is 1. The monoisotopic (exact) mass is 444 g/mol. The average Bonchev–Trinajstić information content (AvgIpc) is 2.63. The van der Waals surface area contributed by atoms with Gasteiger partial charge in [0, 0.05) is 0 Å². The second kappa shape index (κ2) is 8.90. The third-order valence-electron chi connectivity index (χ3n) is 3.40. The molecule has 27 heavy (non-hydrogen) atoms. The van der Waals surface area contributed by atoms with Crippen molar-refractivity contribution >= 4 is 28.1 Å². The lowest BCUT2D eigenvalue weighted by molar-refractivity contribution is -0.137. The summed E-state index contributed by atoms with van der Waals surface area (Å²) in [6, 6.07) is 7.79. The van der Waals surface area contributed by atoms with Crippen LogP contribution in [0.5, 0.6) is 11.5 Å². The van der Waals surface area contributed by atoms with Crippen molar-refractivity contribution in [3.63, 3.8) is 0 Å². The van der Waals surface area contributed by atoms with Crippen LogP contribution >= 0.6 is 15.9 Å². The fourth-order valence-corrected chi connectivity index (χ4v) is 2.83. The molecule has 5 nitrogen and oxygen atoms in total. The summed E-state index contributed by atoms with van der Waals surface area (Å²) in [6.45, 7) is 2.27. The SMILES string of the molecule is CCOc1c(Br)cc(/C=N/NC(=O)c2ccccc2C(F)(F)F)cc1OC. The zero-order valence-corrected chi connectivity index (χ0v) is 16.0. The first-order valence-electron chi connectivity index (χ1n) is 7.77.